The molecule has 0 spiro atoms. The van der Waals surface area contributed by atoms with E-state index in [2.05, 4.69) is 21.3 Å². The number of pyridine rings is 1. The summed E-state index contributed by atoms with van der Waals surface area (Å²) in [5.74, 6) is 1.40. The van der Waals surface area contributed by atoms with Gasteiger partial charge in [0.2, 0.25) is 10.9 Å². The Kier molecular flexibility index (Phi) is 6.78. The molecule has 0 aliphatic rings. The number of thiol groups is 1. The van der Waals surface area contributed by atoms with Crippen molar-refractivity contribution in [1.82, 2.24) is 9.71 Å². The minimum atomic E-state index is -2.94. The highest BCUT2D eigenvalue weighted by Gasteiger charge is 2.26. The van der Waals surface area contributed by atoms with Gasteiger partial charge in [0.15, 0.2) is 0 Å². The predicted octanol–water partition coefficient (Wildman–Crippen LogP) is 1.88. The van der Waals surface area contributed by atoms with Gasteiger partial charge in [-0.3, -0.25) is 19.6 Å². The largest absolute Gasteiger partial charge is 0.494 e. The second-order valence-corrected chi connectivity index (χ2v) is 6.20. The lowest BCUT2D eigenvalue weighted by atomic mass is 10.1. The van der Waals surface area contributed by atoms with Crippen LogP contribution in [0.1, 0.15) is 11.1 Å². The Morgan fingerprint density at radius 2 is 1.85 bits per heavy atom. The molecule has 9 heteroatoms. The topological polar surface area (TPSA) is 93.1 Å². The Balaban J connectivity index is 2.75. The van der Waals surface area contributed by atoms with E-state index in [1.165, 1.54) is 19.1 Å². The number of aromatic nitrogens is 1. The van der Waals surface area contributed by atoms with E-state index in [1.807, 2.05) is 13.0 Å². The average Bonchev–Trinajstić information content (AvgIpc) is 2.64. The number of para-hydroxylation sites is 1. The summed E-state index contributed by atoms with van der Waals surface area (Å²) in [6.45, 7) is 5.76. The van der Waals surface area contributed by atoms with Crippen molar-refractivity contribution in [2.45, 2.75) is 6.92 Å². The van der Waals surface area contributed by atoms with Crippen LogP contribution in [0.25, 0.3) is 0 Å². The van der Waals surface area contributed by atoms with Gasteiger partial charge in [-0.2, -0.15) is 0 Å². The highest BCUT2D eigenvalue weighted by molar-refractivity contribution is 7.70. The number of aryl methyl sites for hydroxylation is 1. The third-order valence-corrected chi connectivity index (χ3v) is 4.11. The summed E-state index contributed by atoms with van der Waals surface area (Å²) >= 11 is 0. The SMILES string of the molecule is C=C(N[SH](=O)=O)N(/C(=N\C)c1cncc(C)c1)c1c(OC)cccc1OC. The average molecular weight is 390 g/mol. The lowest BCUT2D eigenvalue weighted by Gasteiger charge is -2.29. The molecule has 2 rings (SSSR count). The standard InChI is InChI=1S/C18H22N4O4S/c1-12-9-14(11-20-10-12)18(19-3)22(13(2)21-27(23)24)17-15(25-4)7-6-8-16(17)26-5/h6-11,27H,2H2,1,3-5H3,(H,21,23,24)/b19-18-. The Hall–Kier alpha value is -3.07. The maximum atomic E-state index is 11.3. The number of aliphatic imine (C=N–C) groups is 1. The van der Waals surface area contributed by atoms with Crippen LogP contribution in [0.2, 0.25) is 0 Å². The zero-order valence-electron chi connectivity index (χ0n) is 15.6. The molecule has 1 heterocycles. The molecular formula is C18H22N4O4S. The Labute approximate surface area is 160 Å². The van der Waals surface area contributed by atoms with Crippen LogP contribution >= 0.6 is 0 Å². The van der Waals surface area contributed by atoms with E-state index in [0.717, 1.165) is 5.56 Å². The van der Waals surface area contributed by atoms with E-state index < -0.39 is 10.9 Å². The van der Waals surface area contributed by atoms with Gasteiger partial charge in [0.25, 0.3) is 0 Å². The lowest BCUT2D eigenvalue weighted by Crippen LogP contribution is -2.37. The number of anilines is 1. The van der Waals surface area contributed by atoms with Crippen LogP contribution in [0, 0.1) is 6.92 Å². The van der Waals surface area contributed by atoms with E-state index in [-0.39, 0.29) is 5.82 Å². The second-order valence-electron chi connectivity index (χ2n) is 5.46. The third-order valence-electron chi connectivity index (χ3n) is 3.67. The van der Waals surface area contributed by atoms with E-state index in [1.54, 1.807) is 37.6 Å². The van der Waals surface area contributed by atoms with Crippen LogP contribution in [-0.2, 0) is 10.9 Å². The van der Waals surface area contributed by atoms with Crippen LogP contribution in [0.15, 0.2) is 54.1 Å². The van der Waals surface area contributed by atoms with Crippen molar-refractivity contribution >= 4 is 22.4 Å². The molecule has 0 fully saturated rings. The third kappa shape index (κ3) is 4.56. The molecule has 0 saturated carbocycles. The number of amidine groups is 1. The number of methoxy groups -OCH3 is 2. The number of hydrogen-bond donors (Lipinski definition) is 2. The number of nitrogens with zero attached hydrogens (tertiary/aromatic N) is 3. The van der Waals surface area contributed by atoms with Gasteiger partial charge in [0, 0.05) is 25.0 Å². The minimum absolute atomic E-state index is 0.0658. The van der Waals surface area contributed by atoms with Crippen LogP contribution < -0.4 is 19.1 Å². The van der Waals surface area contributed by atoms with Crippen molar-refractivity contribution in [2.24, 2.45) is 4.99 Å². The smallest absolute Gasteiger partial charge is 0.223 e. The number of rotatable bonds is 7. The van der Waals surface area contributed by atoms with E-state index in [4.69, 9.17) is 9.47 Å². The van der Waals surface area contributed by atoms with Crippen LogP contribution in [0.3, 0.4) is 0 Å². The van der Waals surface area contributed by atoms with Gasteiger partial charge >= 0.3 is 0 Å². The van der Waals surface area contributed by atoms with Crippen LogP contribution in [0.4, 0.5) is 5.69 Å². The van der Waals surface area contributed by atoms with Crippen LogP contribution in [0.5, 0.6) is 11.5 Å². The molecular weight excluding hydrogens is 368 g/mol. The van der Waals surface area contributed by atoms with E-state index >= 15 is 0 Å². The maximum Gasteiger partial charge on any atom is 0.223 e. The summed E-state index contributed by atoms with van der Waals surface area (Å²) in [6.07, 6.45) is 3.35. The molecule has 0 aliphatic carbocycles. The molecule has 1 aromatic heterocycles. The van der Waals surface area contributed by atoms with Crippen LogP contribution in [-0.4, -0.2) is 40.5 Å². The highest BCUT2D eigenvalue weighted by Crippen LogP contribution is 2.40. The maximum absolute atomic E-state index is 11.3. The summed E-state index contributed by atoms with van der Waals surface area (Å²) in [5, 5.41) is 0. The molecule has 144 valence electrons. The Morgan fingerprint density at radius 3 is 2.33 bits per heavy atom. The number of nitrogens with one attached hydrogen (secondary N) is 1. The quantitative estimate of drug-likeness (QED) is 0.426. The van der Waals surface area contributed by atoms with Crippen molar-refractivity contribution in [3.05, 3.63) is 60.2 Å². The molecule has 0 bridgehead atoms. The first-order valence-corrected chi connectivity index (χ1v) is 9.10. The molecule has 0 amide bonds. The molecule has 27 heavy (non-hydrogen) atoms. The highest BCUT2D eigenvalue weighted by atomic mass is 32.2. The zero-order chi connectivity index (χ0) is 20.0. The van der Waals surface area contributed by atoms with Gasteiger partial charge in [-0.1, -0.05) is 12.6 Å². The van der Waals surface area contributed by atoms with Gasteiger partial charge < -0.3 is 9.47 Å². The zero-order valence-corrected chi connectivity index (χ0v) is 16.5. The molecule has 0 unspecified atom stereocenters. The molecule has 0 aliphatic heterocycles. The first-order valence-electron chi connectivity index (χ1n) is 7.92. The number of benzene rings is 1. The normalized spacial score (nSPS) is 11.2. The van der Waals surface area contributed by atoms with Gasteiger partial charge in [0.05, 0.1) is 14.2 Å². The van der Waals surface area contributed by atoms with Crippen molar-refractivity contribution < 1.29 is 17.9 Å². The van der Waals surface area contributed by atoms with Crippen molar-refractivity contribution in [1.29, 1.82) is 0 Å². The molecule has 2 aromatic rings. The van der Waals surface area contributed by atoms with Gasteiger partial charge in [-0.05, 0) is 30.7 Å². The minimum Gasteiger partial charge on any atom is -0.494 e. The molecule has 1 aromatic carbocycles. The molecule has 0 atom stereocenters. The molecule has 0 saturated heterocycles. The second kappa shape index (κ2) is 9.04. The van der Waals surface area contributed by atoms with Gasteiger partial charge in [-0.15, -0.1) is 0 Å². The molecule has 1 N–H and O–H groups in total. The fraction of sp³-hybridized carbons (Fsp3) is 0.222. The first-order chi connectivity index (χ1) is 12.9. The summed E-state index contributed by atoms with van der Waals surface area (Å²) in [6, 6.07) is 7.11. The summed E-state index contributed by atoms with van der Waals surface area (Å²) in [7, 11) is 1.68. The number of hydrogen-bond acceptors (Lipinski definition) is 6. The van der Waals surface area contributed by atoms with Crippen molar-refractivity contribution in [2.75, 3.05) is 26.2 Å². The molecule has 0 radical (unpaired) electrons. The van der Waals surface area contributed by atoms with E-state index in [9.17, 15) is 8.42 Å². The van der Waals surface area contributed by atoms with Gasteiger partial charge in [0.1, 0.15) is 28.8 Å². The summed E-state index contributed by atoms with van der Waals surface area (Å²) in [5.41, 5.74) is 2.06. The fourth-order valence-corrected chi connectivity index (χ4v) is 2.92. The fourth-order valence-electron chi connectivity index (χ4n) is 2.61. The summed E-state index contributed by atoms with van der Waals surface area (Å²) < 4.78 is 35.8. The molecule has 8 nitrogen and oxygen atoms in total. The van der Waals surface area contributed by atoms with Crippen molar-refractivity contribution in [3.63, 3.8) is 0 Å². The van der Waals surface area contributed by atoms with Gasteiger partial charge in [-0.25, -0.2) is 8.42 Å². The lowest BCUT2D eigenvalue weighted by molar-refractivity contribution is 0.396. The Bertz CT molecular complexity index is 910. The monoisotopic (exact) mass is 390 g/mol. The van der Waals surface area contributed by atoms with Crippen molar-refractivity contribution in [3.8, 4) is 11.5 Å². The summed E-state index contributed by atoms with van der Waals surface area (Å²) in [4.78, 5) is 10.1. The first kappa shape index (κ1) is 20.2. The van der Waals surface area contributed by atoms with E-state index in [0.29, 0.717) is 28.6 Å². The number of ether oxygens (including phenoxy) is 2. The Morgan fingerprint density at radius 1 is 1.22 bits per heavy atom. The predicted molar refractivity (Wildman–Crippen MR) is 106 cm³/mol.